The van der Waals surface area contributed by atoms with Crippen molar-refractivity contribution in [3.63, 3.8) is 0 Å². The minimum absolute atomic E-state index is 0.504. The van der Waals surface area contributed by atoms with Gasteiger partial charge in [0.25, 0.3) is 0 Å². The fourth-order valence-corrected chi connectivity index (χ4v) is 4.46. The summed E-state index contributed by atoms with van der Waals surface area (Å²) in [6.45, 7) is 2.45. The number of nitrogens with zero attached hydrogens (tertiary/aromatic N) is 4. The molecule has 0 radical (unpaired) electrons. The van der Waals surface area contributed by atoms with Crippen LogP contribution in [0.3, 0.4) is 0 Å². The summed E-state index contributed by atoms with van der Waals surface area (Å²) in [5.41, 5.74) is 1.98. The molecule has 21 heavy (non-hydrogen) atoms. The van der Waals surface area contributed by atoms with Gasteiger partial charge in [0.2, 0.25) is 0 Å². The van der Waals surface area contributed by atoms with Crippen LogP contribution < -0.4 is 0 Å². The highest BCUT2D eigenvalue weighted by atomic mass is 79.9. The van der Waals surface area contributed by atoms with Crippen LogP contribution in [0.15, 0.2) is 16.7 Å². The standard InChI is InChI=1S/C15H18BrClN4/c16-10-8-11-15(18-9-10)21(14(19-11)3-5-17)13-4-7-20-6-1-2-12(13)20/h8-9,12-13H,1-7H2. The van der Waals surface area contributed by atoms with Crippen molar-refractivity contribution in [2.45, 2.75) is 37.8 Å². The van der Waals surface area contributed by atoms with Crippen molar-refractivity contribution in [1.82, 2.24) is 19.4 Å². The zero-order valence-corrected chi connectivity index (χ0v) is 14.1. The van der Waals surface area contributed by atoms with Crippen molar-refractivity contribution in [3.05, 3.63) is 22.6 Å². The van der Waals surface area contributed by atoms with E-state index in [-0.39, 0.29) is 0 Å². The molecule has 2 aromatic rings. The highest BCUT2D eigenvalue weighted by Crippen LogP contribution is 2.38. The summed E-state index contributed by atoms with van der Waals surface area (Å²) in [5, 5.41) is 0. The van der Waals surface area contributed by atoms with Crippen LogP contribution in [-0.4, -0.2) is 44.4 Å². The molecule has 6 heteroatoms. The molecule has 0 saturated carbocycles. The Morgan fingerprint density at radius 2 is 2.19 bits per heavy atom. The highest BCUT2D eigenvalue weighted by Gasteiger charge is 2.39. The molecule has 2 fully saturated rings. The van der Waals surface area contributed by atoms with Gasteiger partial charge in [0, 0.05) is 35.6 Å². The summed E-state index contributed by atoms with van der Waals surface area (Å²) in [6.07, 6.45) is 6.48. The Balaban J connectivity index is 1.83. The van der Waals surface area contributed by atoms with E-state index in [2.05, 4.69) is 36.4 Å². The van der Waals surface area contributed by atoms with Crippen LogP contribution in [0.2, 0.25) is 0 Å². The molecule has 2 unspecified atom stereocenters. The van der Waals surface area contributed by atoms with Crippen LogP contribution in [0.5, 0.6) is 0 Å². The molecular formula is C15H18BrClN4. The molecule has 2 aliphatic rings. The van der Waals surface area contributed by atoms with Gasteiger partial charge in [-0.15, -0.1) is 11.6 Å². The first kappa shape index (κ1) is 14.0. The van der Waals surface area contributed by atoms with Crippen LogP contribution in [-0.2, 0) is 6.42 Å². The van der Waals surface area contributed by atoms with Crippen LogP contribution >= 0.6 is 27.5 Å². The predicted octanol–water partition coefficient (Wildman–Crippen LogP) is 3.38. The van der Waals surface area contributed by atoms with Gasteiger partial charge in [-0.25, -0.2) is 9.97 Å². The second kappa shape index (κ2) is 5.52. The van der Waals surface area contributed by atoms with E-state index in [1.165, 1.54) is 32.4 Å². The lowest BCUT2D eigenvalue weighted by Gasteiger charge is -2.23. The lowest BCUT2D eigenvalue weighted by atomic mass is 10.1. The number of imidazole rings is 1. The summed E-state index contributed by atoms with van der Waals surface area (Å²) >= 11 is 9.48. The van der Waals surface area contributed by atoms with Gasteiger partial charge in [-0.2, -0.15) is 0 Å². The molecular weight excluding hydrogens is 352 g/mol. The van der Waals surface area contributed by atoms with Gasteiger partial charge in [0.05, 0.1) is 6.04 Å². The normalized spacial score (nSPS) is 25.8. The van der Waals surface area contributed by atoms with Crippen LogP contribution in [0.1, 0.15) is 31.1 Å². The molecule has 0 N–H and O–H groups in total. The van der Waals surface area contributed by atoms with E-state index >= 15 is 0 Å². The van der Waals surface area contributed by atoms with Gasteiger partial charge in [0.15, 0.2) is 5.65 Å². The SMILES string of the molecule is ClCCc1nc2cc(Br)cnc2n1C1CCN2CCCC12. The molecule has 0 spiro atoms. The largest absolute Gasteiger partial charge is 0.308 e. The third-order valence-electron chi connectivity index (χ3n) is 4.79. The topological polar surface area (TPSA) is 34.0 Å². The first-order valence-electron chi connectivity index (χ1n) is 7.60. The Morgan fingerprint density at radius 3 is 3.05 bits per heavy atom. The van der Waals surface area contributed by atoms with E-state index in [1.54, 1.807) is 0 Å². The van der Waals surface area contributed by atoms with Crippen molar-refractivity contribution in [3.8, 4) is 0 Å². The molecule has 0 amide bonds. The second-order valence-corrected chi connectivity index (χ2v) is 7.23. The van der Waals surface area contributed by atoms with Gasteiger partial charge >= 0.3 is 0 Å². The maximum atomic E-state index is 5.99. The van der Waals surface area contributed by atoms with E-state index in [1.807, 2.05) is 6.20 Å². The molecule has 0 aliphatic carbocycles. The van der Waals surface area contributed by atoms with Crippen LogP contribution in [0, 0.1) is 0 Å². The van der Waals surface area contributed by atoms with Gasteiger partial charge in [-0.1, -0.05) is 0 Å². The molecule has 4 heterocycles. The number of hydrogen-bond acceptors (Lipinski definition) is 3. The first-order valence-corrected chi connectivity index (χ1v) is 8.93. The summed E-state index contributed by atoms with van der Waals surface area (Å²) < 4.78 is 3.35. The number of halogens is 2. The molecule has 0 aromatic carbocycles. The number of aromatic nitrogens is 3. The number of hydrogen-bond donors (Lipinski definition) is 0. The molecule has 2 aliphatic heterocycles. The predicted molar refractivity (Wildman–Crippen MR) is 87.9 cm³/mol. The van der Waals surface area contributed by atoms with E-state index in [4.69, 9.17) is 16.6 Å². The average molecular weight is 370 g/mol. The van der Waals surface area contributed by atoms with Gasteiger partial charge < -0.3 is 4.57 Å². The van der Waals surface area contributed by atoms with Crippen molar-refractivity contribution in [1.29, 1.82) is 0 Å². The number of fused-ring (bicyclic) bond motifs is 2. The monoisotopic (exact) mass is 368 g/mol. The molecule has 112 valence electrons. The molecule has 2 aromatic heterocycles. The minimum Gasteiger partial charge on any atom is -0.308 e. The third kappa shape index (κ3) is 2.30. The second-order valence-electron chi connectivity index (χ2n) is 5.93. The van der Waals surface area contributed by atoms with Crippen LogP contribution in [0.4, 0.5) is 0 Å². The highest BCUT2D eigenvalue weighted by molar-refractivity contribution is 9.10. The Labute approximate surface area is 137 Å². The van der Waals surface area contributed by atoms with E-state index in [0.717, 1.165) is 27.9 Å². The van der Waals surface area contributed by atoms with Gasteiger partial charge in [0.1, 0.15) is 11.3 Å². The first-order chi connectivity index (χ1) is 10.3. The van der Waals surface area contributed by atoms with Crippen LogP contribution in [0.25, 0.3) is 11.2 Å². The zero-order chi connectivity index (χ0) is 14.4. The molecule has 4 rings (SSSR count). The molecule has 0 bridgehead atoms. The van der Waals surface area contributed by atoms with Crippen molar-refractivity contribution in [2.24, 2.45) is 0 Å². The Hall–Kier alpha value is -0.650. The quantitative estimate of drug-likeness (QED) is 0.778. The Bertz CT molecular complexity index is 671. The lowest BCUT2D eigenvalue weighted by Crippen LogP contribution is -2.28. The fourth-order valence-electron chi connectivity index (χ4n) is 3.97. The third-order valence-corrected chi connectivity index (χ3v) is 5.41. The molecule has 4 nitrogen and oxygen atoms in total. The molecule has 2 saturated heterocycles. The minimum atomic E-state index is 0.504. The van der Waals surface area contributed by atoms with Crippen molar-refractivity contribution in [2.75, 3.05) is 19.0 Å². The van der Waals surface area contributed by atoms with Crippen molar-refractivity contribution >= 4 is 38.7 Å². The van der Waals surface area contributed by atoms with Crippen molar-refractivity contribution < 1.29 is 0 Å². The smallest absolute Gasteiger partial charge is 0.160 e. The average Bonchev–Trinajstić information content (AvgIpc) is 3.12. The summed E-state index contributed by atoms with van der Waals surface area (Å²) in [4.78, 5) is 12.0. The van der Waals surface area contributed by atoms with Gasteiger partial charge in [-0.05, 0) is 47.8 Å². The fraction of sp³-hybridized carbons (Fsp3) is 0.600. The maximum absolute atomic E-state index is 5.99. The van der Waals surface area contributed by atoms with E-state index in [9.17, 15) is 0 Å². The van der Waals surface area contributed by atoms with E-state index < -0.39 is 0 Å². The Kier molecular flexibility index (Phi) is 3.67. The zero-order valence-electron chi connectivity index (χ0n) is 11.8. The summed E-state index contributed by atoms with van der Waals surface area (Å²) in [5.74, 6) is 1.69. The molecule has 2 atom stereocenters. The van der Waals surface area contributed by atoms with Gasteiger partial charge in [-0.3, -0.25) is 4.90 Å². The van der Waals surface area contributed by atoms with E-state index in [0.29, 0.717) is 18.0 Å². The number of aryl methyl sites for hydroxylation is 1. The number of alkyl halides is 1. The summed E-state index contributed by atoms with van der Waals surface area (Å²) in [6, 6.07) is 3.21. The number of pyridine rings is 1. The Morgan fingerprint density at radius 1 is 1.29 bits per heavy atom. The lowest BCUT2D eigenvalue weighted by molar-refractivity contribution is 0.290. The number of rotatable bonds is 3. The summed E-state index contributed by atoms with van der Waals surface area (Å²) in [7, 11) is 0. The maximum Gasteiger partial charge on any atom is 0.160 e.